The van der Waals surface area contributed by atoms with E-state index in [1.54, 1.807) is 0 Å². The van der Waals surface area contributed by atoms with Gasteiger partial charge in [-0.05, 0) is 51.5 Å². The molecule has 0 bridgehead atoms. The molecule has 0 unspecified atom stereocenters. The summed E-state index contributed by atoms with van der Waals surface area (Å²) in [5, 5.41) is 4.96. The van der Waals surface area contributed by atoms with Crippen molar-refractivity contribution < 1.29 is 9.64 Å². The zero-order chi connectivity index (χ0) is 18.3. The van der Waals surface area contributed by atoms with E-state index in [2.05, 4.69) is 33.0 Å². The number of hydrogen-bond acceptors (Lipinski definition) is 5. The quantitative estimate of drug-likeness (QED) is 0.865. The largest absolute Gasteiger partial charge is 0.370 e. The molecule has 5 nitrogen and oxygen atoms in total. The van der Waals surface area contributed by atoms with Crippen LogP contribution >= 0.6 is 11.3 Å². The highest BCUT2D eigenvalue weighted by Gasteiger charge is 2.26. The third kappa shape index (κ3) is 3.87. The summed E-state index contributed by atoms with van der Waals surface area (Å²) in [5.74, 6) is 2.78. The lowest BCUT2D eigenvalue weighted by Gasteiger charge is -2.25. The topological polar surface area (TPSA) is 51.5 Å². The molecule has 4 rings (SSSR count). The second-order valence-corrected chi connectivity index (χ2v) is 10.0. The third-order valence-electron chi connectivity index (χ3n) is 5.30. The minimum Gasteiger partial charge on any atom is -0.370 e. The molecule has 2 aliphatic rings. The van der Waals surface area contributed by atoms with Gasteiger partial charge in [0.05, 0.1) is 18.6 Å². The normalized spacial score (nSPS) is 21.8. The van der Waals surface area contributed by atoms with Gasteiger partial charge in [0.15, 0.2) is 5.82 Å². The minimum atomic E-state index is -0.0127. The molecule has 1 atom stereocenters. The smallest absolute Gasteiger partial charge is 0.187 e. The number of nitrogens with zero attached hydrogens (tertiary/aromatic N) is 2. The van der Waals surface area contributed by atoms with Gasteiger partial charge < -0.3 is 15.0 Å². The van der Waals surface area contributed by atoms with Crippen molar-refractivity contribution in [3.63, 3.8) is 0 Å². The molecule has 2 aromatic rings. The van der Waals surface area contributed by atoms with Gasteiger partial charge in [0.25, 0.3) is 0 Å². The predicted molar refractivity (Wildman–Crippen MR) is 107 cm³/mol. The summed E-state index contributed by atoms with van der Waals surface area (Å²) in [7, 11) is 0. The van der Waals surface area contributed by atoms with E-state index in [1.165, 1.54) is 38.4 Å². The first-order chi connectivity index (χ1) is 12.4. The van der Waals surface area contributed by atoms with Crippen LogP contribution in [0.4, 0.5) is 5.82 Å². The summed E-state index contributed by atoms with van der Waals surface area (Å²) in [4.78, 5) is 14.2. The van der Waals surface area contributed by atoms with E-state index in [0.29, 0.717) is 0 Å². The average Bonchev–Trinajstić information content (AvgIpc) is 2.91. The van der Waals surface area contributed by atoms with Crippen molar-refractivity contribution in [3.8, 4) is 0 Å². The van der Waals surface area contributed by atoms with Crippen molar-refractivity contribution in [2.45, 2.75) is 59.0 Å². The van der Waals surface area contributed by atoms with E-state index < -0.39 is 0 Å². The number of ether oxygens (including phenoxy) is 1. The van der Waals surface area contributed by atoms with Gasteiger partial charge in [-0.3, -0.25) is 0 Å². The summed E-state index contributed by atoms with van der Waals surface area (Å²) >= 11 is 1.89. The summed E-state index contributed by atoms with van der Waals surface area (Å²) in [6, 6.07) is 0. The Bertz CT molecular complexity index is 789. The molecule has 0 radical (unpaired) electrons. The predicted octanol–water partition coefficient (Wildman–Crippen LogP) is 2.44. The third-order valence-corrected chi connectivity index (χ3v) is 6.45. The van der Waals surface area contributed by atoms with Gasteiger partial charge in [-0.25, -0.2) is 9.97 Å². The number of thiophene rings is 1. The average molecular weight is 376 g/mol. The van der Waals surface area contributed by atoms with Crippen molar-refractivity contribution in [2.24, 2.45) is 5.92 Å². The summed E-state index contributed by atoms with van der Waals surface area (Å²) in [6.45, 7) is 13.6. The van der Waals surface area contributed by atoms with Crippen molar-refractivity contribution in [2.75, 3.05) is 31.6 Å². The van der Waals surface area contributed by atoms with Crippen LogP contribution < -0.4 is 10.2 Å². The zero-order valence-corrected chi connectivity index (χ0v) is 17.3. The van der Waals surface area contributed by atoms with E-state index in [9.17, 15) is 0 Å². The van der Waals surface area contributed by atoms with Crippen molar-refractivity contribution in [3.05, 3.63) is 16.3 Å². The van der Waals surface area contributed by atoms with Gasteiger partial charge >= 0.3 is 0 Å². The first kappa shape index (κ1) is 18.1. The molecular formula is C20H31N4OS+. The van der Waals surface area contributed by atoms with Crippen LogP contribution in [0.5, 0.6) is 0 Å². The number of rotatable bonds is 3. The number of morpholine rings is 1. The minimum absolute atomic E-state index is 0.0127. The molecule has 0 saturated carbocycles. The Morgan fingerprint density at radius 2 is 2.00 bits per heavy atom. The Labute approximate surface area is 160 Å². The summed E-state index contributed by atoms with van der Waals surface area (Å²) < 4.78 is 5.49. The first-order valence-electron chi connectivity index (χ1n) is 9.90. The molecule has 0 amide bonds. The van der Waals surface area contributed by atoms with Crippen LogP contribution in [-0.2, 0) is 24.1 Å². The number of hydrogen-bond donors (Lipinski definition) is 2. The van der Waals surface area contributed by atoms with Gasteiger partial charge in [-0.2, -0.15) is 0 Å². The van der Waals surface area contributed by atoms with Crippen molar-refractivity contribution in [1.82, 2.24) is 9.97 Å². The maximum atomic E-state index is 5.49. The standard InChI is InChI=1S/C20H30N4OS/c1-13-5-6-14-15(11-13)26-19-17(14)18(23-20(2,3)4)21-16(22-19)12-24-7-9-25-10-8-24/h13H,5-12H2,1-4H3,(H,21,22,23)/p+1/t13-/m0/s1. The molecule has 1 aliphatic heterocycles. The van der Waals surface area contributed by atoms with Gasteiger partial charge in [-0.1, -0.05) is 6.92 Å². The molecule has 2 aromatic heterocycles. The van der Waals surface area contributed by atoms with E-state index in [4.69, 9.17) is 14.7 Å². The lowest BCUT2D eigenvalue weighted by Crippen LogP contribution is -3.12. The van der Waals surface area contributed by atoms with Crippen LogP contribution in [0.1, 0.15) is 50.4 Å². The maximum Gasteiger partial charge on any atom is 0.187 e. The number of aromatic nitrogens is 2. The second kappa shape index (κ2) is 7.06. The molecule has 0 spiro atoms. The monoisotopic (exact) mass is 375 g/mol. The van der Waals surface area contributed by atoms with Crippen LogP contribution in [-0.4, -0.2) is 41.8 Å². The van der Waals surface area contributed by atoms with Gasteiger partial charge in [-0.15, -0.1) is 11.3 Å². The van der Waals surface area contributed by atoms with Crippen LogP contribution in [0.3, 0.4) is 0 Å². The molecule has 142 valence electrons. The van der Waals surface area contributed by atoms with Gasteiger partial charge in [0, 0.05) is 10.4 Å². The fourth-order valence-electron chi connectivity index (χ4n) is 3.97. The molecule has 1 fully saturated rings. The van der Waals surface area contributed by atoms with Gasteiger partial charge in [0.2, 0.25) is 0 Å². The van der Waals surface area contributed by atoms with Gasteiger partial charge in [0.1, 0.15) is 30.3 Å². The number of quaternary nitrogens is 1. The van der Waals surface area contributed by atoms with Crippen molar-refractivity contribution in [1.29, 1.82) is 0 Å². The molecule has 1 saturated heterocycles. The number of fused-ring (bicyclic) bond motifs is 3. The van der Waals surface area contributed by atoms with Crippen LogP contribution in [0.15, 0.2) is 0 Å². The Hall–Kier alpha value is -1.24. The van der Waals surface area contributed by atoms with E-state index >= 15 is 0 Å². The van der Waals surface area contributed by atoms with E-state index in [1.807, 2.05) is 11.3 Å². The highest BCUT2D eigenvalue weighted by atomic mass is 32.1. The Kier molecular flexibility index (Phi) is 4.92. The molecule has 6 heteroatoms. The molecule has 2 N–H and O–H groups in total. The van der Waals surface area contributed by atoms with E-state index in [-0.39, 0.29) is 5.54 Å². The fourth-order valence-corrected chi connectivity index (χ4v) is 5.37. The summed E-state index contributed by atoms with van der Waals surface area (Å²) in [6.07, 6.45) is 3.62. The Balaban J connectivity index is 1.74. The van der Waals surface area contributed by atoms with E-state index in [0.717, 1.165) is 56.8 Å². The number of aryl methyl sites for hydroxylation is 1. The van der Waals surface area contributed by atoms with Crippen LogP contribution in [0, 0.1) is 5.92 Å². The Morgan fingerprint density at radius 1 is 1.23 bits per heavy atom. The zero-order valence-electron chi connectivity index (χ0n) is 16.4. The lowest BCUT2D eigenvalue weighted by atomic mass is 9.89. The number of anilines is 1. The first-order valence-corrected chi connectivity index (χ1v) is 10.7. The van der Waals surface area contributed by atoms with Crippen LogP contribution in [0.25, 0.3) is 10.2 Å². The Morgan fingerprint density at radius 3 is 2.73 bits per heavy atom. The molecular weight excluding hydrogens is 344 g/mol. The molecule has 26 heavy (non-hydrogen) atoms. The molecule has 1 aliphatic carbocycles. The highest BCUT2D eigenvalue weighted by molar-refractivity contribution is 7.19. The molecule has 3 heterocycles. The molecule has 0 aromatic carbocycles. The number of nitrogens with one attached hydrogen (secondary N) is 2. The summed E-state index contributed by atoms with van der Waals surface area (Å²) in [5.41, 5.74) is 1.49. The second-order valence-electron chi connectivity index (χ2n) is 8.93. The highest BCUT2D eigenvalue weighted by Crippen LogP contribution is 2.40. The maximum absolute atomic E-state index is 5.49. The lowest BCUT2D eigenvalue weighted by molar-refractivity contribution is -0.922. The van der Waals surface area contributed by atoms with Crippen LogP contribution in [0.2, 0.25) is 0 Å². The van der Waals surface area contributed by atoms with Crippen molar-refractivity contribution >= 4 is 27.4 Å². The SMILES string of the molecule is C[C@H]1CCc2c(sc3nc(C[NH+]4CCOCC4)nc(NC(C)(C)C)c23)C1. The fraction of sp³-hybridized carbons (Fsp3) is 0.700.